The number of hydrogen-bond acceptors (Lipinski definition) is 2. The van der Waals surface area contributed by atoms with Crippen molar-refractivity contribution >= 4 is 82.4 Å². The minimum Gasteiger partial charge on any atom is -0.456 e. The summed E-state index contributed by atoms with van der Waals surface area (Å²) in [5.74, 6) is 0. The number of rotatable bonds is 6. The molecule has 0 aliphatic heterocycles. The van der Waals surface area contributed by atoms with E-state index in [4.69, 9.17) is 4.42 Å². The highest BCUT2D eigenvalue weighted by Gasteiger charge is 2.20. The van der Waals surface area contributed by atoms with Crippen LogP contribution in [0.2, 0.25) is 0 Å². The maximum Gasteiger partial charge on any atom is 0.135 e. The minimum absolute atomic E-state index is 0.864. The van der Waals surface area contributed by atoms with E-state index in [0.29, 0.717) is 0 Å². The Morgan fingerprint density at radius 3 is 1.69 bits per heavy atom. The minimum atomic E-state index is 0.864. The second kappa shape index (κ2) is 13.4. The van der Waals surface area contributed by atoms with E-state index in [2.05, 4.69) is 228 Å². The summed E-state index contributed by atoms with van der Waals surface area (Å²) in [6.45, 7) is 0. The topological polar surface area (TPSA) is 21.3 Å². The summed E-state index contributed by atoms with van der Waals surface area (Å²) in [6, 6.07) is 78.7. The van der Waals surface area contributed by atoms with E-state index in [0.717, 1.165) is 50.2 Å². The van der Waals surface area contributed by atoms with E-state index in [1.54, 1.807) is 0 Å². The summed E-state index contributed by atoms with van der Waals surface area (Å²) in [5.41, 5.74) is 13.2. The first kappa shape index (κ1) is 33.3. The summed E-state index contributed by atoms with van der Waals surface area (Å²) < 4.78 is 8.93. The summed E-state index contributed by atoms with van der Waals surface area (Å²) in [6.07, 6.45) is 0. The van der Waals surface area contributed by atoms with Gasteiger partial charge < -0.3 is 13.9 Å². The van der Waals surface area contributed by atoms with Crippen LogP contribution in [0.25, 0.3) is 93.2 Å². The fraction of sp³-hybridized carbons (Fsp3) is 0. The molecule has 0 fully saturated rings. The maximum atomic E-state index is 6.55. The zero-order valence-electron chi connectivity index (χ0n) is 32.1. The van der Waals surface area contributed by atoms with Gasteiger partial charge in [-0.25, -0.2) is 0 Å². The first-order chi connectivity index (χ1) is 29.2. The smallest absolute Gasteiger partial charge is 0.135 e. The van der Waals surface area contributed by atoms with E-state index in [-0.39, 0.29) is 0 Å². The van der Waals surface area contributed by atoms with Gasteiger partial charge in [-0.3, -0.25) is 0 Å². The van der Waals surface area contributed by atoms with Crippen molar-refractivity contribution in [1.29, 1.82) is 0 Å². The molecule has 0 unspecified atom stereocenters. The largest absolute Gasteiger partial charge is 0.456 e. The van der Waals surface area contributed by atoms with Crippen LogP contribution in [0.5, 0.6) is 0 Å². The molecule has 12 aromatic rings. The van der Waals surface area contributed by atoms with E-state index in [9.17, 15) is 0 Å². The van der Waals surface area contributed by atoms with Crippen molar-refractivity contribution in [3.05, 3.63) is 218 Å². The molecule has 0 saturated carbocycles. The normalized spacial score (nSPS) is 11.7. The van der Waals surface area contributed by atoms with Gasteiger partial charge in [-0.1, -0.05) is 140 Å². The van der Waals surface area contributed by atoms with Gasteiger partial charge >= 0.3 is 0 Å². The van der Waals surface area contributed by atoms with Crippen molar-refractivity contribution in [2.45, 2.75) is 0 Å². The number of nitrogens with zero attached hydrogens (tertiary/aromatic N) is 2. The molecule has 0 amide bonds. The van der Waals surface area contributed by atoms with Gasteiger partial charge in [0.05, 0.1) is 11.0 Å². The van der Waals surface area contributed by atoms with Crippen LogP contribution in [-0.4, -0.2) is 4.57 Å². The maximum absolute atomic E-state index is 6.55. The summed E-state index contributed by atoms with van der Waals surface area (Å²) >= 11 is 0. The van der Waals surface area contributed by atoms with Crippen LogP contribution in [0.3, 0.4) is 0 Å². The average molecular weight is 753 g/mol. The van der Waals surface area contributed by atoms with Crippen molar-refractivity contribution in [3.63, 3.8) is 0 Å². The van der Waals surface area contributed by atoms with Crippen molar-refractivity contribution in [1.82, 2.24) is 4.57 Å². The lowest BCUT2D eigenvalue weighted by molar-refractivity contribution is 0.669. The quantitative estimate of drug-likeness (QED) is 0.158. The Bertz CT molecular complexity index is 3540. The number of aromatic nitrogens is 1. The zero-order valence-corrected chi connectivity index (χ0v) is 32.1. The van der Waals surface area contributed by atoms with Crippen LogP contribution in [0.4, 0.5) is 17.1 Å². The summed E-state index contributed by atoms with van der Waals surface area (Å²) in [5, 5.41) is 9.63. The molecule has 0 aliphatic carbocycles. The van der Waals surface area contributed by atoms with Gasteiger partial charge in [0.25, 0.3) is 0 Å². The van der Waals surface area contributed by atoms with E-state index >= 15 is 0 Å². The molecular weight excluding hydrogens is 717 g/mol. The molecule has 0 saturated heterocycles. The van der Waals surface area contributed by atoms with Crippen molar-refractivity contribution in [2.75, 3.05) is 4.90 Å². The van der Waals surface area contributed by atoms with E-state index < -0.39 is 0 Å². The Balaban J connectivity index is 1.06. The highest BCUT2D eigenvalue weighted by atomic mass is 16.3. The second-order valence-electron chi connectivity index (χ2n) is 15.3. The van der Waals surface area contributed by atoms with Crippen LogP contribution in [0.1, 0.15) is 0 Å². The third-order valence-electron chi connectivity index (χ3n) is 12.0. The van der Waals surface area contributed by atoms with Crippen LogP contribution in [0.15, 0.2) is 223 Å². The molecule has 0 N–H and O–H groups in total. The molecule has 0 bridgehead atoms. The predicted octanol–water partition coefficient (Wildman–Crippen LogP) is 15.8. The molecule has 12 rings (SSSR count). The number of fused-ring (bicyclic) bond motifs is 9. The van der Waals surface area contributed by atoms with Crippen LogP contribution >= 0.6 is 0 Å². The third kappa shape index (κ3) is 5.44. The molecule has 276 valence electrons. The fourth-order valence-corrected chi connectivity index (χ4v) is 9.20. The lowest BCUT2D eigenvalue weighted by Crippen LogP contribution is -2.10. The highest BCUT2D eigenvalue weighted by molar-refractivity contribution is 6.15. The molecule has 10 aromatic carbocycles. The van der Waals surface area contributed by atoms with Crippen molar-refractivity contribution in [2.24, 2.45) is 0 Å². The Hall–Kier alpha value is -7.88. The Kier molecular flexibility index (Phi) is 7.54. The summed E-state index contributed by atoms with van der Waals surface area (Å²) in [7, 11) is 0. The molecule has 2 aromatic heterocycles. The number of anilines is 3. The van der Waals surface area contributed by atoms with Crippen molar-refractivity contribution < 1.29 is 4.42 Å². The lowest BCUT2D eigenvalue weighted by Gasteiger charge is -2.26. The van der Waals surface area contributed by atoms with Gasteiger partial charge in [0.1, 0.15) is 11.2 Å². The molecule has 2 heterocycles. The third-order valence-corrected chi connectivity index (χ3v) is 12.0. The number of benzene rings is 10. The van der Waals surface area contributed by atoms with Gasteiger partial charge in [-0.15, -0.1) is 0 Å². The van der Waals surface area contributed by atoms with Gasteiger partial charge in [0.2, 0.25) is 0 Å². The molecule has 0 radical (unpaired) electrons. The molecule has 0 spiro atoms. The van der Waals surface area contributed by atoms with Gasteiger partial charge in [0.15, 0.2) is 0 Å². The molecule has 59 heavy (non-hydrogen) atoms. The van der Waals surface area contributed by atoms with Crippen LogP contribution in [0, 0.1) is 0 Å². The molecular formula is C56H36N2O. The van der Waals surface area contributed by atoms with Gasteiger partial charge in [0, 0.05) is 44.3 Å². The number of furan rings is 1. The van der Waals surface area contributed by atoms with Crippen LogP contribution in [-0.2, 0) is 0 Å². The first-order valence-electron chi connectivity index (χ1n) is 20.2. The van der Waals surface area contributed by atoms with E-state index in [1.807, 2.05) is 0 Å². The summed E-state index contributed by atoms with van der Waals surface area (Å²) in [4.78, 5) is 2.38. The second-order valence-corrected chi connectivity index (χ2v) is 15.3. The molecule has 3 heteroatoms. The van der Waals surface area contributed by atoms with Gasteiger partial charge in [-0.05, 0) is 123 Å². The van der Waals surface area contributed by atoms with Crippen LogP contribution < -0.4 is 4.90 Å². The molecule has 3 nitrogen and oxygen atoms in total. The van der Waals surface area contributed by atoms with E-state index in [1.165, 1.54) is 60.1 Å². The standard InChI is InChI=1S/C56H36N2O/c1-3-13-37(14-4-1)38-23-26-42(27-24-38)57(44-28-30-49-48-21-11-12-22-53(48)58(54(49)36-44)41-16-5-2-6-17-41)43-29-32-56-52(35-43)51-34-40(25-31-55(51)59-56)50-33-39-15-7-8-18-45(39)46-19-9-10-20-47(46)50/h1-36H. The molecule has 0 aliphatic rings. The fourth-order valence-electron chi connectivity index (χ4n) is 9.20. The number of para-hydroxylation sites is 2. The average Bonchev–Trinajstić information content (AvgIpc) is 3.84. The SMILES string of the molecule is c1ccc(-c2ccc(N(c3ccc4oc5ccc(-c6cc7ccccc7c7ccccc67)cc5c4c3)c3ccc4c5ccccc5n(-c5ccccc5)c4c3)cc2)cc1. The van der Waals surface area contributed by atoms with Gasteiger partial charge in [-0.2, -0.15) is 0 Å². The zero-order chi connectivity index (χ0) is 38.9. The number of hydrogen-bond donors (Lipinski definition) is 0. The first-order valence-corrected chi connectivity index (χ1v) is 20.2. The Morgan fingerprint density at radius 2 is 0.881 bits per heavy atom. The lowest BCUT2D eigenvalue weighted by atomic mass is 9.92. The monoisotopic (exact) mass is 752 g/mol. The highest BCUT2D eigenvalue weighted by Crippen LogP contribution is 2.43. The van der Waals surface area contributed by atoms with Crippen molar-refractivity contribution in [3.8, 4) is 27.9 Å². The Morgan fingerprint density at radius 1 is 0.322 bits per heavy atom. The predicted molar refractivity (Wildman–Crippen MR) is 249 cm³/mol. The molecule has 0 atom stereocenters. The Labute approximate surface area is 341 Å².